The van der Waals surface area contributed by atoms with Crippen LogP contribution in [0.3, 0.4) is 0 Å². The van der Waals surface area contributed by atoms with Crippen molar-refractivity contribution in [2.45, 2.75) is 58.3 Å². The van der Waals surface area contributed by atoms with Crippen molar-refractivity contribution in [2.75, 3.05) is 0 Å². The molecule has 2 fully saturated rings. The molecule has 3 nitrogen and oxygen atoms in total. The van der Waals surface area contributed by atoms with Crippen LogP contribution in [-0.4, -0.2) is 11.6 Å². The van der Waals surface area contributed by atoms with E-state index in [-0.39, 0.29) is 17.6 Å². The molecule has 2 saturated carbocycles. The summed E-state index contributed by atoms with van der Waals surface area (Å²) < 4.78 is 13.1. The van der Waals surface area contributed by atoms with Crippen molar-refractivity contribution in [1.29, 1.82) is 0 Å². The van der Waals surface area contributed by atoms with E-state index in [9.17, 15) is 9.18 Å². The van der Waals surface area contributed by atoms with Gasteiger partial charge in [0.15, 0.2) is 0 Å². The molecule has 0 bridgehead atoms. The molecule has 1 aromatic rings. The number of nitrogens with zero attached hydrogens (tertiary/aromatic N) is 1. The van der Waals surface area contributed by atoms with Gasteiger partial charge in [-0.2, -0.15) is 5.10 Å². The van der Waals surface area contributed by atoms with Crippen molar-refractivity contribution in [3.8, 4) is 0 Å². The second-order valence-electron chi connectivity index (χ2n) is 7.14. The molecule has 1 amide bonds. The maximum Gasteiger partial charge on any atom is 0.243 e. The lowest BCUT2D eigenvalue weighted by Crippen LogP contribution is -2.23. The van der Waals surface area contributed by atoms with Gasteiger partial charge in [0.2, 0.25) is 5.91 Å². The predicted molar refractivity (Wildman–Crippen MR) is 94.2 cm³/mol. The third kappa shape index (κ3) is 4.03. The number of hydrogen-bond donors (Lipinski definition) is 1. The van der Waals surface area contributed by atoms with Gasteiger partial charge in [-0.3, -0.25) is 4.79 Å². The van der Waals surface area contributed by atoms with Crippen LogP contribution in [0.5, 0.6) is 0 Å². The highest BCUT2D eigenvalue weighted by Crippen LogP contribution is 2.53. The standard InChI is InChI=1S/C20H27FN2O/c1-2-7-18(14-10-12-15(21)13-11-14)22-23-20(24)19-16-8-5-3-4-6-9-17(16)19/h10-13,16-17,19H,2-9H2,1H3,(H,23,24)/t16-,17+,19?. The van der Waals surface area contributed by atoms with Crippen molar-refractivity contribution in [3.63, 3.8) is 0 Å². The molecule has 0 heterocycles. The number of fused-ring (bicyclic) bond motifs is 1. The summed E-state index contributed by atoms with van der Waals surface area (Å²) in [6, 6.07) is 6.32. The Hall–Kier alpha value is -1.71. The molecule has 130 valence electrons. The third-order valence-electron chi connectivity index (χ3n) is 5.42. The van der Waals surface area contributed by atoms with Crippen molar-refractivity contribution in [3.05, 3.63) is 35.6 Å². The number of benzene rings is 1. The summed E-state index contributed by atoms with van der Waals surface area (Å²) in [4.78, 5) is 12.5. The minimum Gasteiger partial charge on any atom is -0.273 e. The number of nitrogens with one attached hydrogen (secondary N) is 1. The summed E-state index contributed by atoms with van der Waals surface area (Å²) in [5.41, 5.74) is 4.49. The fourth-order valence-corrected chi connectivity index (χ4v) is 4.08. The second kappa shape index (κ2) is 7.91. The smallest absolute Gasteiger partial charge is 0.243 e. The van der Waals surface area contributed by atoms with Gasteiger partial charge >= 0.3 is 0 Å². The van der Waals surface area contributed by atoms with Gasteiger partial charge < -0.3 is 0 Å². The Bertz CT molecular complexity index is 582. The summed E-state index contributed by atoms with van der Waals surface area (Å²) >= 11 is 0. The molecule has 1 unspecified atom stereocenters. The van der Waals surface area contributed by atoms with Crippen LogP contribution in [-0.2, 0) is 4.79 Å². The van der Waals surface area contributed by atoms with E-state index in [1.54, 1.807) is 12.1 Å². The molecule has 24 heavy (non-hydrogen) atoms. The maximum absolute atomic E-state index is 13.1. The maximum atomic E-state index is 13.1. The molecule has 3 rings (SSSR count). The molecule has 1 N–H and O–H groups in total. The van der Waals surface area contributed by atoms with E-state index < -0.39 is 0 Å². The van der Waals surface area contributed by atoms with Crippen LogP contribution in [0.15, 0.2) is 29.4 Å². The number of amides is 1. The molecule has 2 aliphatic carbocycles. The third-order valence-corrected chi connectivity index (χ3v) is 5.42. The molecule has 0 aliphatic heterocycles. The molecule has 0 aromatic heterocycles. The first-order chi connectivity index (χ1) is 11.7. The van der Waals surface area contributed by atoms with Gasteiger partial charge in [-0.05, 0) is 48.8 Å². The largest absolute Gasteiger partial charge is 0.273 e. The highest BCUT2D eigenvalue weighted by atomic mass is 19.1. The van der Waals surface area contributed by atoms with E-state index in [0.29, 0.717) is 11.8 Å². The van der Waals surface area contributed by atoms with Gasteiger partial charge in [-0.15, -0.1) is 0 Å². The minimum absolute atomic E-state index is 0.0719. The van der Waals surface area contributed by atoms with Crippen molar-refractivity contribution in [1.82, 2.24) is 5.43 Å². The Labute approximate surface area is 143 Å². The normalized spacial score (nSPS) is 26.9. The van der Waals surface area contributed by atoms with Crippen LogP contribution < -0.4 is 5.43 Å². The zero-order valence-corrected chi connectivity index (χ0v) is 14.4. The van der Waals surface area contributed by atoms with Gasteiger partial charge in [-0.25, -0.2) is 9.82 Å². The molecule has 4 heteroatoms. The molecular formula is C20H27FN2O. The Morgan fingerprint density at radius 2 is 1.75 bits per heavy atom. The highest BCUT2D eigenvalue weighted by molar-refractivity contribution is 6.01. The molecule has 1 aromatic carbocycles. The summed E-state index contributed by atoms with van der Waals surface area (Å²) in [5.74, 6) is 1.11. The number of halogens is 1. The van der Waals surface area contributed by atoms with Crippen LogP contribution in [0.2, 0.25) is 0 Å². The van der Waals surface area contributed by atoms with E-state index in [1.807, 2.05) is 0 Å². The van der Waals surface area contributed by atoms with Crippen molar-refractivity contribution < 1.29 is 9.18 Å². The summed E-state index contributed by atoms with van der Waals surface area (Å²) in [5, 5.41) is 4.37. The first-order valence-corrected chi connectivity index (χ1v) is 9.33. The minimum atomic E-state index is -0.257. The van der Waals surface area contributed by atoms with E-state index >= 15 is 0 Å². The van der Waals surface area contributed by atoms with E-state index in [1.165, 1.54) is 50.7 Å². The van der Waals surface area contributed by atoms with Crippen LogP contribution in [0.4, 0.5) is 4.39 Å². The second-order valence-corrected chi connectivity index (χ2v) is 7.14. The average molecular weight is 330 g/mol. The highest BCUT2D eigenvalue weighted by Gasteiger charge is 2.53. The van der Waals surface area contributed by atoms with Gasteiger partial charge in [-0.1, -0.05) is 51.2 Å². The number of carbonyl (C=O) groups excluding carboxylic acids is 1. The van der Waals surface area contributed by atoms with Crippen LogP contribution in [0.25, 0.3) is 0 Å². The van der Waals surface area contributed by atoms with Gasteiger partial charge in [0.25, 0.3) is 0 Å². The fourth-order valence-electron chi connectivity index (χ4n) is 4.08. The van der Waals surface area contributed by atoms with E-state index in [4.69, 9.17) is 0 Å². The Kier molecular flexibility index (Phi) is 5.64. The Morgan fingerprint density at radius 1 is 1.12 bits per heavy atom. The van der Waals surface area contributed by atoms with Crippen LogP contribution in [0.1, 0.15) is 63.9 Å². The van der Waals surface area contributed by atoms with Gasteiger partial charge in [0, 0.05) is 5.92 Å². The number of rotatable bonds is 5. The molecule has 2 aliphatic rings. The van der Waals surface area contributed by atoms with E-state index in [0.717, 1.165) is 24.1 Å². The van der Waals surface area contributed by atoms with Gasteiger partial charge in [0.1, 0.15) is 5.82 Å². The average Bonchev–Trinajstić information content (AvgIpc) is 3.23. The van der Waals surface area contributed by atoms with Gasteiger partial charge in [0.05, 0.1) is 5.71 Å². The Morgan fingerprint density at radius 3 is 2.33 bits per heavy atom. The number of carbonyl (C=O) groups is 1. The molecule has 0 spiro atoms. The molecular weight excluding hydrogens is 303 g/mol. The predicted octanol–water partition coefficient (Wildman–Crippen LogP) is 4.66. The quantitative estimate of drug-likeness (QED) is 0.619. The monoisotopic (exact) mass is 330 g/mol. The molecule has 0 saturated heterocycles. The number of hydrogen-bond acceptors (Lipinski definition) is 2. The molecule has 0 radical (unpaired) electrons. The Balaban J connectivity index is 1.63. The van der Waals surface area contributed by atoms with Crippen LogP contribution >= 0.6 is 0 Å². The summed E-state index contributed by atoms with van der Waals surface area (Å²) in [7, 11) is 0. The lowest BCUT2D eigenvalue weighted by atomic mass is 10.0. The zero-order chi connectivity index (χ0) is 16.9. The first kappa shape index (κ1) is 17.1. The zero-order valence-electron chi connectivity index (χ0n) is 14.4. The lowest BCUT2D eigenvalue weighted by Gasteiger charge is -2.06. The number of hydrazone groups is 1. The fraction of sp³-hybridized carbons (Fsp3) is 0.600. The van der Waals surface area contributed by atoms with Crippen molar-refractivity contribution in [2.24, 2.45) is 22.9 Å². The summed E-state index contributed by atoms with van der Waals surface area (Å²) in [6.45, 7) is 2.07. The summed E-state index contributed by atoms with van der Waals surface area (Å²) in [6.07, 6.45) is 9.19. The topological polar surface area (TPSA) is 41.5 Å². The van der Waals surface area contributed by atoms with Crippen LogP contribution in [0, 0.1) is 23.6 Å². The molecule has 3 atom stereocenters. The van der Waals surface area contributed by atoms with E-state index in [2.05, 4.69) is 17.5 Å². The SMILES string of the molecule is CCCC(=NNC(=O)C1[C@H]2CCCCCC[C@@H]12)c1ccc(F)cc1. The first-order valence-electron chi connectivity index (χ1n) is 9.33. The van der Waals surface area contributed by atoms with Crippen molar-refractivity contribution >= 4 is 11.6 Å². The lowest BCUT2D eigenvalue weighted by molar-refractivity contribution is -0.122.